The molecular weight excluding hydrogens is 237 g/mol. The fourth-order valence-corrected chi connectivity index (χ4v) is 3.18. The van der Waals surface area contributed by atoms with Crippen molar-refractivity contribution in [3.63, 3.8) is 0 Å². The van der Waals surface area contributed by atoms with Gasteiger partial charge in [0.05, 0.1) is 0 Å². The Kier molecular flexibility index (Phi) is 4.62. The van der Waals surface area contributed by atoms with Gasteiger partial charge in [-0.25, -0.2) is 4.39 Å². The van der Waals surface area contributed by atoms with Crippen molar-refractivity contribution in [2.24, 2.45) is 11.8 Å². The molecule has 1 unspecified atom stereocenters. The summed E-state index contributed by atoms with van der Waals surface area (Å²) in [5, 5.41) is 0. The van der Waals surface area contributed by atoms with Crippen molar-refractivity contribution in [1.29, 1.82) is 0 Å². The van der Waals surface area contributed by atoms with E-state index in [1.54, 1.807) is 12.1 Å². The van der Waals surface area contributed by atoms with Crippen LogP contribution in [0.5, 0.6) is 0 Å². The molecule has 0 N–H and O–H groups in total. The standard InChI is InChI=1S/C17H26FN/c1-12(2)16-6-5-13(3)19(11-16)14(4)15-7-9-17(18)10-8-15/h7-10,12-14,16H,5-6,11H2,1-4H3/t13-,14?,16+/m0/s1. The van der Waals surface area contributed by atoms with E-state index < -0.39 is 0 Å². The maximum Gasteiger partial charge on any atom is 0.123 e. The number of nitrogens with zero attached hydrogens (tertiary/aromatic N) is 1. The van der Waals surface area contributed by atoms with E-state index in [4.69, 9.17) is 0 Å². The van der Waals surface area contributed by atoms with E-state index in [1.807, 2.05) is 12.1 Å². The molecule has 1 aromatic rings. The number of benzene rings is 1. The molecule has 1 aliphatic heterocycles. The van der Waals surface area contributed by atoms with Gasteiger partial charge in [-0.15, -0.1) is 0 Å². The van der Waals surface area contributed by atoms with E-state index in [1.165, 1.54) is 18.4 Å². The summed E-state index contributed by atoms with van der Waals surface area (Å²) in [6.45, 7) is 10.4. The van der Waals surface area contributed by atoms with Gasteiger partial charge in [0.2, 0.25) is 0 Å². The van der Waals surface area contributed by atoms with Crippen molar-refractivity contribution >= 4 is 0 Å². The van der Waals surface area contributed by atoms with E-state index in [0.29, 0.717) is 12.1 Å². The Hall–Kier alpha value is -0.890. The summed E-state index contributed by atoms with van der Waals surface area (Å²) < 4.78 is 13.0. The van der Waals surface area contributed by atoms with Crippen LogP contribution in [0.3, 0.4) is 0 Å². The normalized spacial score (nSPS) is 26.6. The molecule has 0 radical (unpaired) electrons. The Labute approximate surface area is 116 Å². The maximum atomic E-state index is 13.0. The largest absolute Gasteiger partial charge is 0.294 e. The SMILES string of the molecule is CC(C)[C@@H]1CC[C@H](C)N(C(C)c2ccc(F)cc2)C1. The molecule has 0 aliphatic carbocycles. The van der Waals surface area contributed by atoms with Crippen LogP contribution in [0.1, 0.15) is 52.1 Å². The Morgan fingerprint density at radius 3 is 2.32 bits per heavy atom. The molecule has 106 valence electrons. The minimum atomic E-state index is -0.150. The van der Waals surface area contributed by atoms with E-state index >= 15 is 0 Å². The molecule has 2 rings (SSSR count). The van der Waals surface area contributed by atoms with Crippen LogP contribution in [0.4, 0.5) is 4.39 Å². The molecule has 1 saturated heterocycles. The summed E-state index contributed by atoms with van der Waals surface area (Å²) in [6, 6.07) is 7.98. The zero-order valence-corrected chi connectivity index (χ0v) is 12.6. The monoisotopic (exact) mass is 263 g/mol. The van der Waals surface area contributed by atoms with E-state index in [-0.39, 0.29) is 5.82 Å². The topological polar surface area (TPSA) is 3.24 Å². The summed E-state index contributed by atoms with van der Waals surface area (Å²) in [6.07, 6.45) is 2.61. The minimum Gasteiger partial charge on any atom is -0.294 e. The van der Waals surface area contributed by atoms with Crippen LogP contribution in [0.2, 0.25) is 0 Å². The van der Waals surface area contributed by atoms with Crippen molar-refractivity contribution in [2.75, 3.05) is 6.54 Å². The second-order valence-corrected chi connectivity index (χ2v) is 6.35. The number of piperidine rings is 1. The van der Waals surface area contributed by atoms with Crippen molar-refractivity contribution in [1.82, 2.24) is 4.90 Å². The van der Waals surface area contributed by atoms with Gasteiger partial charge in [0, 0.05) is 18.6 Å². The summed E-state index contributed by atoms with van der Waals surface area (Å²) in [7, 11) is 0. The van der Waals surface area contributed by atoms with Gasteiger partial charge in [0.15, 0.2) is 0 Å². The molecular formula is C17H26FN. The number of halogens is 1. The van der Waals surface area contributed by atoms with Gasteiger partial charge in [-0.2, -0.15) is 0 Å². The maximum absolute atomic E-state index is 13.0. The van der Waals surface area contributed by atoms with Crippen LogP contribution in [0.15, 0.2) is 24.3 Å². The van der Waals surface area contributed by atoms with Crippen molar-refractivity contribution in [3.05, 3.63) is 35.6 Å². The van der Waals surface area contributed by atoms with Gasteiger partial charge in [-0.3, -0.25) is 4.90 Å². The first-order valence-electron chi connectivity index (χ1n) is 7.50. The smallest absolute Gasteiger partial charge is 0.123 e. The predicted octanol–water partition coefficient (Wildman–Crippen LogP) is 4.64. The highest BCUT2D eigenvalue weighted by Crippen LogP contribution is 2.33. The summed E-state index contributed by atoms with van der Waals surface area (Å²) in [5.41, 5.74) is 1.22. The molecule has 1 nitrogen and oxygen atoms in total. The predicted molar refractivity (Wildman–Crippen MR) is 78.5 cm³/mol. The average Bonchev–Trinajstić information content (AvgIpc) is 2.39. The van der Waals surface area contributed by atoms with Crippen LogP contribution in [-0.2, 0) is 0 Å². The third kappa shape index (κ3) is 3.36. The first kappa shape index (κ1) is 14.5. The van der Waals surface area contributed by atoms with Gasteiger partial charge in [0.25, 0.3) is 0 Å². The molecule has 0 saturated carbocycles. The summed E-state index contributed by atoms with van der Waals surface area (Å²) in [5.74, 6) is 1.39. The zero-order chi connectivity index (χ0) is 14.0. The fraction of sp³-hybridized carbons (Fsp3) is 0.647. The lowest BCUT2D eigenvalue weighted by molar-refractivity contribution is 0.0620. The lowest BCUT2D eigenvalue weighted by Crippen LogP contribution is -2.44. The van der Waals surface area contributed by atoms with Crippen molar-refractivity contribution in [2.45, 2.75) is 52.6 Å². The number of rotatable bonds is 3. The lowest BCUT2D eigenvalue weighted by Gasteiger charge is -2.43. The Balaban J connectivity index is 2.11. The summed E-state index contributed by atoms with van der Waals surface area (Å²) >= 11 is 0. The second-order valence-electron chi connectivity index (χ2n) is 6.35. The van der Waals surface area contributed by atoms with Gasteiger partial charge in [-0.05, 0) is 56.2 Å². The Morgan fingerprint density at radius 2 is 1.74 bits per heavy atom. The third-order valence-electron chi connectivity index (χ3n) is 4.76. The molecule has 0 amide bonds. The van der Waals surface area contributed by atoms with E-state index in [2.05, 4.69) is 32.6 Å². The van der Waals surface area contributed by atoms with Gasteiger partial charge < -0.3 is 0 Å². The molecule has 2 heteroatoms. The number of hydrogen-bond donors (Lipinski definition) is 0. The van der Waals surface area contributed by atoms with Crippen molar-refractivity contribution in [3.8, 4) is 0 Å². The summed E-state index contributed by atoms with van der Waals surface area (Å²) in [4.78, 5) is 2.58. The highest BCUT2D eigenvalue weighted by Gasteiger charge is 2.30. The third-order valence-corrected chi connectivity index (χ3v) is 4.76. The van der Waals surface area contributed by atoms with Crippen LogP contribution in [-0.4, -0.2) is 17.5 Å². The number of likely N-dealkylation sites (tertiary alicyclic amines) is 1. The minimum absolute atomic E-state index is 0.150. The Bertz CT molecular complexity index is 398. The molecule has 0 bridgehead atoms. The molecule has 0 spiro atoms. The quantitative estimate of drug-likeness (QED) is 0.767. The fourth-order valence-electron chi connectivity index (χ4n) is 3.18. The second kappa shape index (κ2) is 6.04. The highest BCUT2D eigenvalue weighted by molar-refractivity contribution is 5.19. The highest BCUT2D eigenvalue weighted by atomic mass is 19.1. The van der Waals surface area contributed by atoms with E-state index in [0.717, 1.165) is 18.4 Å². The Morgan fingerprint density at radius 1 is 1.11 bits per heavy atom. The zero-order valence-electron chi connectivity index (χ0n) is 12.6. The van der Waals surface area contributed by atoms with Crippen LogP contribution in [0.25, 0.3) is 0 Å². The molecule has 3 atom stereocenters. The van der Waals surface area contributed by atoms with Crippen LogP contribution < -0.4 is 0 Å². The molecule has 19 heavy (non-hydrogen) atoms. The first-order valence-corrected chi connectivity index (χ1v) is 7.50. The van der Waals surface area contributed by atoms with E-state index in [9.17, 15) is 4.39 Å². The van der Waals surface area contributed by atoms with Gasteiger partial charge in [-0.1, -0.05) is 26.0 Å². The van der Waals surface area contributed by atoms with Crippen LogP contribution in [0, 0.1) is 17.7 Å². The van der Waals surface area contributed by atoms with Gasteiger partial charge >= 0.3 is 0 Å². The molecule has 1 heterocycles. The first-order chi connectivity index (χ1) is 8.99. The molecule has 1 aliphatic rings. The lowest BCUT2D eigenvalue weighted by atomic mass is 9.84. The average molecular weight is 263 g/mol. The molecule has 0 aromatic heterocycles. The van der Waals surface area contributed by atoms with Crippen LogP contribution >= 0.6 is 0 Å². The number of hydrogen-bond acceptors (Lipinski definition) is 1. The van der Waals surface area contributed by atoms with Crippen molar-refractivity contribution < 1.29 is 4.39 Å². The van der Waals surface area contributed by atoms with Gasteiger partial charge in [0.1, 0.15) is 5.82 Å². The molecule has 1 fully saturated rings. The molecule has 1 aromatic carbocycles.